The normalized spacial score (nSPS) is 13.8. The Balaban J connectivity index is 4.26. The predicted octanol–water partition coefficient (Wildman–Crippen LogP) is 1.88. The maximum atomic E-state index is 11.9. The average molecular weight is 276 g/mol. The fraction of sp³-hybridized carbons (Fsp3) is 0.833. The van der Waals surface area contributed by atoms with E-state index in [1.54, 1.807) is 30.6 Å². The van der Waals surface area contributed by atoms with Gasteiger partial charge in [-0.1, -0.05) is 13.8 Å². The van der Waals surface area contributed by atoms with Gasteiger partial charge in [-0.2, -0.15) is 11.8 Å². The van der Waals surface area contributed by atoms with Crippen molar-refractivity contribution in [1.29, 1.82) is 0 Å². The number of carboxylic acid groups (broad SMARTS) is 1. The summed E-state index contributed by atoms with van der Waals surface area (Å²) in [7, 11) is 1.75. The van der Waals surface area contributed by atoms with E-state index in [0.717, 1.165) is 12.2 Å². The van der Waals surface area contributed by atoms with Gasteiger partial charge in [-0.05, 0) is 19.1 Å². The molecule has 2 amide bonds. The lowest BCUT2D eigenvalue weighted by Crippen LogP contribution is -2.46. The minimum atomic E-state index is -0.864. The Bertz CT molecular complexity index is 274. The lowest BCUT2D eigenvalue weighted by molar-refractivity contribution is -0.141. The summed E-state index contributed by atoms with van der Waals surface area (Å²) < 4.78 is 0. The van der Waals surface area contributed by atoms with Crippen molar-refractivity contribution in [3.8, 4) is 0 Å². The highest BCUT2D eigenvalue weighted by molar-refractivity contribution is 7.98. The van der Waals surface area contributed by atoms with Crippen LogP contribution in [0, 0.1) is 5.92 Å². The molecule has 106 valence electrons. The third-order valence-electron chi connectivity index (χ3n) is 3.04. The molecule has 0 bridgehead atoms. The maximum absolute atomic E-state index is 11.9. The maximum Gasteiger partial charge on any atom is 0.317 e. The van der Waals surface area contributed by atoms with Gasteiger partial charge in [0.15, 0.2) is 0 Å². The van der Waals surface area contributed by atoms with Gasteiger partial charge in [-0.3, -0.25) is 4.79 Å². The topological polar surface area (TPSA) is 69.6 Å². The summed E-state index contributed by atoms with van der Waals surface area (Å²) >= 11 is 1.70. The van der Waals surface area contributed by atoms with Crippen molar-refractivity contribution < 1.29 is 14.7 Å². The summed E-state index contributed by atoms with van der Waals surface area (Å²) in [5, 5.41) is 11.6. The van der Waals surface area contributed by atoms with Crippen LogP contribution in [0.1, 0.15) is 26.7 Å². The predicted molar refractivity (Wildman–Crippen MR) is 75.0 cm³/mol. The number of thioether (sulfide) groups is 1. The molecule has 0 rings (SSSR count). The minimum absolute atomic E-state index is 0.185. The fourth-order valence-corrected chi connectivity index (χ4v) is 2.45. The standard InChI is InChI=1S/C12H24N2O3S/c1-5-9(11(15)16)7-13-12(17)14(3)10(6-2)8-18-4/h9-10H,5-8H2,1-4H3,(H,13,17)(H,15,16). The van der Waals surface area contributed by atoms with Crippen molar-refractivity contribution in [1.82, 2.24) is 10.2 Å². The lowest BCUT2D eigenvalue weighted by atomic mass is 10.1. The molecule has 0 aliphatic carbocycles. The second-order valence-electron chi connectivity index (χ2n) is 4.26. The van der Waals surface area contributed by atoms with Crippen molar-refractivity contribution in [3.05, 3.63) is 0 Å². The van der Waals surface area contributed by atoms with E-state index < -0.39 is 11.9 Å². The summed E-state index contributed by atoms with van der Waals surface area (Å²) in [5.74, 6) is -0.490. The molecule has 0 radical (unpaired) electrons. The van der Waals surface area contributed by atoms with Gasteiger partial charge >= 0.3 is 12.0 Å². The van der Waals surface area contributed by atoms with Gasteiger partial charge in [-0.15, -0.1) is 0 Å². The van der Waals surface area contributed by atoms with E-state index in [1.807, 2.05) is 13.2 Å². The molecular formula is C12H24N2O3S. The number of carbonyl (C=O) groups is 2. The van der Waals surface area contributed by atoms with Crippen LogP contribution in [0.25, 0.3) is 0 Å². The largest absolute Gasteiger partial charge is 0.481 e. The van der Waals surface area contributed by atoms with Crippen LogP contribution in [0.15, 0.2) is 0 Å². The summed E-state index contributed by atoms with van der Waals surface area (Å²) in [5.41, 5.74) is 0. The summed E-state index contributed by atoms with van der Waals surface area (Å²) in [4.78, 5) is 24.4. The third kappa shape index (κ3) is 5.62. The number of hydrogen-bond donors (Lipinski definition) is 2. The number of carbonyl (C=O) groups excluding carboxylic acids is 1. The molecule has 0 aliphatic heterocycles. The lowest BCUT2D eigenvalue weighted by Gasteiger charge is -2.27. The molecule has 0 spiro atoms. The fourth-order valence-electron chi connectivity index (χ4n) is 1.60. The summed E-state index contributed by atoms with van der Waals surface area (Å²) in [6.07, 6.45) is 3.41. The molecule has 6 heteroatoms. The van der Waals surface area contributed by atoms with Crippen LogP contribution in [0.3, 0.4) is 0 Å². The highest BCUT2D eigenvalue weighted by Crippen LogP contribution is 2.08. The Morgan fingerprint density at radius 3 is 2.33 bits per heavy atom. The monoisotopic (exact) mass is 276 g/mol. The number of rotatable bonds is 8. The van der Waals surface area contributed by atoms with Gasteiger partial charge in [0.25, 0.3) is 0 Å². The Morgan fingerprint density at radius 2 is 1.94 bits per heavy atom. The van der Waals surface area contributed by atoms with Crippen LogP contribution in [0.2, 0.25) is 0 Å². The van der Waals surface area contributed by atoms with E-state index in [-0.39, 0.29) is 18.6 Å². The van der Waals surface area contributed by atoms with Gasteiger partial charge in [0.1, 0.15) is 0 Å². The molecule has 0 aliphatic rings. The van der Waals surface area contributed by atoms with Crippen LogP contribution < -0.4 is 5.32 Å². The number of amides is 2. The summed E-state index contributed by atoms with van der Waals surface area (Å²) in [6, 6.07) is -0.0134. The molecule has 0 fully saturated rings. The molecular weight excluding hydrogens is 252 g/mol. The van der Waals surface area contributed by atoms with Gasteiger partial charge in [0.2, 0.25) is 0 Å². The van der Waals surface area contributed by atoms with E-state index in [1.165, 1.54) is 0 Å². The van der Waals surface area contributed by atoms with Gasteiger partial charge in [-0.25, -0.2) is 4.79 Å². The Hall–Kier alpha value is -0.910. The van der Waals surface area contributed by atoms with E-state index >= 15 is 0 Å². The molecule has 0 aromatic carbocycles. The molecule has 2 atom stereocenters. The molecule has 0 aromatic heterocycles. The number of aliphatic carboxylic acids is 1. The number of nitrogens with zero attached hydrogens (tertiary/aromatic N) is 1. The van der Waals surface area contributed by atoms with E-state index in [2.05, 4.69) is 5.32 Å². The zero-order valence-electron chi connectivity index (χ0n) is 11.6. The van der Waals surface area contributed by atoms with E-state index in [4.69, 9.17) is 5.11 Å². The first kappa shape index (κ1) is 17.1. The summed E-state index contributed by atoms with van der Waals surface area (Å²) in [6.45, 7) is 4.03. The average Bonchev–Trinajstić information content (AvgIpc) is 2.35. The smallest absolute Gasteiger partial charge is 0.317 e. The second kappa shape index (κ2) is 9.08. The molecule has 0 saturated heterocycles. The van der Waals surface area contributed by atoms with Crippen molar-refractivity contribution >= 4 is 23.8 Å². The quantitative estimate of drug-likeness (QED) is 0.710. The first-order chi connectivity index (χ1) is 8.47. The molecule has 2 N–H and O–H groups in total. The molecule has 0 aromatic rings. The van der Waals surface area contributed by atoms with Crippen molar-refractivity contribution in [3.63, 3.8) is 0 Å². The highest BCUT2D eigenvalue weighted by Gasteiger charge is 2.20. The molecule has 0 heterocycles. The van der Waals surface area contributed by atoms with Crippen LogP contribution in [0.4, 0.5) is 4.79 Å². The van der Waals surface area contributed by atoms with Crippen molar-refractivity contribution in [2.24, 2.45) is 5.92 Å². The molecule has 2 unspecified atom stereocenters. The van der Waals surface area contributed by atoms with Crippen molar-refractivity contribution in [2.45, 2.75) is 32.7 Å². The number of carboxylic acids is 1. The number of nitrogens with one attached hydrogen (secondary N) is 1. The third-order valence-corrected chi connectivity index (χ3v) is 3.76. The van der Waals surface area contributed by atoms with E-state index in [9.17, 15) is 9.59 Å². The van der Waals surface area contributed by atoms with Gasteiger partial charge in [0.05, 0.1) is 5.92 Å². The van der Waals surface area contributed by atoms with E-state index in [0.29, 0.717) is 6.42 Å². The van der Waals surface area contributed by atoms with Crippen LogP contribution in [0.5, 0.6) is 0 Å². The molecule has 0 saturated carbocycles. The van der Waals surface area contributed by atoms with Crippen molar-refractivity contribution in [2.75, 3.05) is 25.6 Å². The SMILES string of the molecule is CCC(CNC(=O)N(C)C(CC)CSC)C(=O)O. The minimum Gasteiger partial charge on any atom is -0.481 e. The highest BCUT2D eigenvalue weighted by atomic mass is 32.2. The second-order valence-corrected chi connectivity index (χ2v) is 5.17. The van der Waals surface area contributed by atoms with Gasteiger partial charge in [0, 0.05) is 25.4 Å². The van der Waals surface area contributed by atoms with Crippen LogP contribution in [-0.4, -0.2) is 53.6 Å². The zero-order chi connectivity index (χ0) is 14.1. The zero-order valence-corrected chi connectivity index (χ0v) is 12.4. The Labute approximate surface area is 113 Å². The first-order valence-corrected chi connectivity index (χ1v) is 7.59. The first-order valence-electron chi connectivity index (χ1n) is 6.20. The van der Waals surface area contributed by atoms with Crippen LogP contribution in [-0.2, 0) is 4.79 Å². The number of hydrogen-bond acceptors (Lipinski definition) is 3. The van der Waals surface area contributed by atoms with Crippen LogP contribution >= 0.6 is 11.8 Å². The molecule has 18 heavy (non-hydrogen) atoms. The van der Waals surface area contributed by atoms with Gasteiger partial charge < -0.3 is 15.3 Å². The Kier molecular flexibility index (Phi) is 8.62. The molecule has 5 nitrogen and oxygen atoms in total. The number of urea groups is 1. The Morgan fingerprint density at radius 1 is 1.33 bits per heavy atom.